The zero-order chi connectivity index (χ0) is 23.6. The van der Waals surface area contributed by atoms with Gasteiger partial charge in [-0.2, -0.15) is 0 Å². The molecule has 2 aliphatic rings. The van der Waals surface area contributed by atoms with Crippen molar-refractivity contribution in [1.82, 2.24) is 9.47 Å². The standard InChI is InChI=1S/C22H25N3O7S/c26-20(12-32-13-21(27)28)24-9-16-8-17(11-24)19-7-6-18(22(29)25(19)10-16)23-33(30,31)14-15-4-2-1-3-5-15/h1-7,16-17,23H,8-14H2,(H,27,28)/p-1/t16-,17+/m0/s1. The molecule has 0 spiro atoms. The molecule has 1 aromatic heterocycles. The Morgan fingerprint density at radius 2 is 1.82 bits per heavy atom. The summed E-state index contributed by atoms with van der Waals surface area (Å²) in [5.74, 6) is -1.99. The fourth-order valence-electron chi connectivity index (χ4n) is 4.54. The number of carbonyl (C=O) groups excluding carboxylic acids is 2. The minimum Gasteiger partial charge on any atom is -0.548 e. The van der Waals surface area contributed by atoms with Gasteiger partial charge in [0.05, 0.1) is 18.3 Å². The molecule has 1 N–H and O–H groups in total. The lowest BCUT2D eigenvalue weighted by molar-refractivity contribution is -0.309. The fraction of sp³-hybridized carbons (Fsp3) is 0.409. The number of aliphatic carboxylic acids is 1. The molecule has 0 unspecified atom stereocenters. The number of amides is 1. The summed E-state index contributed by atoms with van der Waals surface area (Å²) < 4.78 is 34.0. The molecule has 0 radical (unpaired) electrons. The summed E-state index contributed by atoms with van der Waals surface area (Å²) in [5.41, 5.74) is 0.954. The molecule has 0 saturated carbocycles. The van der Waals surface area contributed by atoms with Gasteiger partial charge in [0.1, 0.15) is 12.3 Å². The molecule has 176 valence electrons. The van der Waals surface area contributed by atoms with E-state index in [1.54, 1.807) is 45.9 Å². The second-order valence-corrected chi connectivity index (χ2v) is 10.1. The quantitative estimate of drug-likeness (QED) is 0.544. The van der Waals surface area contributed by atoms with Crippen LogP contribution in [0.25, 0.3) is 0 Å². The molecule has 10 nitrogen and oxygen atoms in total. The van der Waals surface area contributed by atoms with E-state index in [0.717, 1.165) is 12.1 Å². The predicted octanol–water partition coefficient (Wildman–Crippen LogP) is -0.498. The number of benzene rings is 1. The first-order valence-electron chi connectivity index (χ1n) is 10.6. The van der Waals surface area contributed by atoms with Crippen molar-refractivity contribution in [2.75, 3.05) is 31.0 Å². The van der Waals surface area contributed by atoms with Gasteiger partial charge in [-0.25, -0.2) is 8.42 Å². The Morgan fingerprint density at radius 3 is 2.55 bits per heavy atom. The third-order valence-electron chi connectivity index (χ3n) is 5.87. The van der Waals surface area contributed by atoms with Gasteiger partial charge in [0.25, 0.3) is 5.56 Å². The molecular weight excluding hydrogens is 450 g/mol. The van der Waals surface area contributed by atoms with Gasteiger partial charge >= 0.3 is 0 Å². The van der Waals surface area contributed by atoms with Crippen LogP contribution in [0.3, 0.4) is 0 Å². The molecule has 2 atom stereocenters. The van der Waals surface area contributed by atoms with Crippen molar-refractivity contribution < 1.29 is 27.9 Å². The maximum Gasteiger partial charge on any atom is 0.275 e. The minimum atomic E-state index is -3.77. The highest BCUT2D eigenvalue weighted by Crippen LogP contribution is 2.35. The molecule has 0 aliphatic carbocycles. The number of likely N-dealkylation sites (tertiary alicyclic amines) is 1. The number of nitrogens with zero attached hydrogens (tertiary/aromatic N) is 2. The van der Waals surface area contributed by atoms with Gasteiger partial charge in [-0.05, 0) is 30.0 Å². The number of aromatic nitrogens is 1. The summed E-state index contributed by atoms with van der Waals surface area (Å²) in [6.07, 6.45) is 0.808. The number of rotatable bonds is 8. The summed E-state index contributed by atoms with van der Waals surface area (Å²) >= 11 is 0. The number of carbonyl (C=O) groups is 2. The first-order chi connectivity index (χ1) is 15.7. The Hall–Kier alpha value is -3.18. The Labute approximate surface area is 190 Å². The summed E-state index contributed by atoms with van der Waals surface area (Å²) in [4.78, 5) is 37.5. The lowest BCUT2D eigenvalue weighted by Crippen LogP contribution is -2.50. The maximum absolute atomic E-state index is 13.1. The zero-order valence-corrected chi connectivity index (χ0v) is 18.6. The van der Waals surface area contributed by atoms with Crippen LogP contribution in [0.4, 0.5) is 5.69 Å². The summed E-state index contributed by atoms with van der Waals surface area (Å²) in [6.45, 7) is 0.168. The van der Waals surface area contributed by atoms with Crippen molar-refractivity contribution in [3.63, 3.8) is 0 Å². The van der Waals surface area contributed by atoms with E-state index in [-0.39, 0.29) is 35.8 Å². The largest absolute Gasteiger partial charge is 0.548 e. The monoisotopic (exact) mass is 474 g/mol. The van der Waals surface area contributed by atoms with E-state index in [2.05, 4.69) is 4.72 Å². The molecule has 1 aromatic carbocycles. The molecule has 33 heavy (non-hydrogen) atoms. The van der Waals surface area contributed by atoms with E-state index < -0.39 is 28.2 Å². The summed E-state index contributed by atoms with van der Waals surface area (Å²) in [5, 5.41) is 10.5. The zero-order valence-electron chi connectivity index (χ0n) is 17.8. The van der Waals surface area contributed by atoms with Gasteiger partial charge in [-0.3, -0.25) is 14.3 Å². The van der Waals surface area contributed by atoms with Crippen LogP contribution in [-0.4, -0.2) is 56.1 Å². The molecule has 1 saturated heterocycles. The number of nitrogens with one attached hydrogen (secondary N) is 1. The van der Waals surface area contributed by atoms with Crippen LogP contribution in [0, 0.1) is 5.92 Å². The summed E-state index contributed by atoms with van der Waals surface area (Å²) in [7, 11) is -3.77. The fourth-order valence-corrected chi connectivity index (χ4v) is 5.73. The highest BCUT2D eigenvalue weighted by atomic mass is 32.2. The van der Waals surface area contributed by atoms with E-state index >= 15 is 0 Å². The van der Waals surface area contributed by atoms with Gasteiger partial charge in [0.2, 0.25) is 15.9 Å². The smallest absolute Gasteiger partial charge is 0.275 e. The maximum atomic E-state index is 13.1. The number of hydrogen-bond acceptors (Lipinski definition) is 7. The Kier molecular flexibility index (Phi) is 6.52. The number of hydrogen-bond donors (Lipinski definition) is 1. The average Bonchev–Trinajstić information content (AvgIpc) is 2.76. The van der Waals surface area contributed by atoms with Gasteiger partial charge in [-0.1, -0.05) is 30.3 Å². The molecule has 3 heterocycles. The van der Waals surface area contributed by atoms with Crippen molar-refractivity contribution in [1.29, 1.82) is 0 Å². The van der Waals surface area contributed by atoms with E-state index in [4.69, 9.17) is 4.74 Å². The number of anilines is 1. The van der Waals surface area contributed by atoms with Crippen molar-refractivity contribution in [3.05, 3.63) is 64.1 Å². The number of carboxylic acids is 1. The Morgan fingerprint density at radius 1 is 1.06 bits per heavy atom. The van der Waals surface area contributed by atoms with E-state index in [0.29, 0.717) is 25.2 Å². The number of ether oxygens (including phenoxy) is 1. The van der Waals surface area contributed by atoms with Gasteiger partial charge in [-0.15, -0.1) is 0 Å². The molecule has 2 aliphatic heterocycles. The van der Waals surface area contributed by atoms with E-state index in [1.165, 1.54) is 6.07 Å². The lowest BCUT2D eigenvalue weighted by atomic mass is 9.83. The third kappa shape index (κ3) is 5.42. The highest BCUT2D eigenvalue weighted by Gasteiger charge is 2.36. The molecule has 2 bridgehead atoms. The van der Waals surface area contributed by atoms with E-state index in [9.17, 15) is 27.9 Å². The Bertz CT molecular complexity index is 1210. The van der Waals surface area contributed by atoms with Gasteiger partial charge in [0.15, 0.2) is 0 Å². The van der Waals surface area contributed by atoms with Crippen LogP contribution in [-0.2, 0) is 36.6 Å². The molecule has 1 fully saturated rings. The van der Waals surface area contributed by atoms with Crippen molar-refractivity contribution in [3.8, 4) is 0 Å². The SMILES string of the molecule is O=C([O-])COCC(=O)N1C[C@@H]2C[C@H](C1)c1ccc(NS(=O)(=O)Cc3ccccc3)c(=O)n1C2. The second kappa shape index (κ2) is 9.36. The highest BCUT2D eigenvalue weighted by molar-refractivity contribution is 7.91. The first-order valence-corrected chi connectivity index (χ1v) is 12.2. The summed E-state index contributed by atoms with van der Waals surface area (Å²) in [6, 6.07) is 11.9. The number of fused-ring (bicyclic) bond motifs is 4. The van der Waals surface area contributed by atoms with Crippen LogP contribution in [0.5, 0.6) is 0 Å². The molecule has 11 heteroatoms. The van der Waals surface area contributed by atoms with E-state index in [1.807, 2.05) is 0 Å². The molecule has 1 amide bonds. The van der Waals surface area contributed by atoms with Crippen molar-refractivity contribution >= 4 is 27.6 Å². The molecule has 2 aromatic rings. The van der Waals surface area contributed by atoms with Gasteiger partial charge < -0.3 is 24.1 Å². The van der Waals surface area contributed by atoms with Crippen LogP contribution in [0.1, 0.15) is 23.6 Å². The van der Waals surface area contributed by atoms with Crippen molar-refractivity contribution in [2.45, 2.75) is 24.6 Å². The Balaban J connectivity index is 1.48. The first kappa shape index (κ1) is 23.0. The topological polar surface area (TPSA) is 138 Å². The van der Waals surface area contributed by atoms with Crippen LogP contribution in [0.2, 0.25) is 0 Å². The second-order valence-electron chi connectivity index (χ2n) is 8.40. The van der Waals surface area contributed by atoms with Crippen LogP contribution in [0.15, 0.2) is 47.3 Å². The number of piperidine rings is 1. The lowest BCUT2D eigenvalue weighted by Gasteiger charge is -2.42. The third-order valence-corrected chi connectivity index (χ3v) is 7.11. The average molecular weight is 475 g/mol. The van der Waals surface area contributed by atoms with Crippen LogP contribution >= 0.6 is 0 Å². The van der Waals surface area contributed by atoms with Crippen LogP contribution < -0.4 is 15.4 Å². The minimum absolute atomic E-state index is 0.00160. The number of pyridine rings is 1. The predicted molar refractivity (Wildman–Crippen MR) is 117 cm³/mol. The molecular formula is C22H24N3O7S-. The van der Waals surface area contributed by atoms with Gasteiger partial charge in [0, 0.05) is 31.2 Å². The molecule has 4 rings (SSSR count). The normalized spacial score (nSPS) is 19.6. The number of sulfonamides is 1. The number of carboxylic acid groups (broad SMARTS) is 1. The van der Waals surface area contributed by atoms with Crippen molar-refractivity contribution in [2.24, 2.45) is 5.92 Å².